The molecule has 21 heavy (non-hydrogen) atoms. The first kappa shape index (κ1) is 15.8. The largest absolute Gasteiger partial charge is 0.497 e. The van der Waals surface area contributed by atoms with Crippen LogP contribution in [0.4, 0.5) is 0 Å². The van der Waals surface area contributed by atoms with Crippen LogP contribution < -0.4 is 10.1 Å². The molecule has 0 bridgehead atoms. The molecule has 0 spiro atoms. The fraction of sp³-hybridized carbons (Fsp3) is 0.562. The molecule has 1 aliphatic rings. The molecule has 2 atom stereocenters. The van der Waals surface area contributed by atoms with Crippen molar-refractivity contribution in [2.24, 2.45) is 0 Å². The van der Waals surface area contributed by atoms with Crippen molar-refractivity contribution < 1.29 is 14.3 Å². The van der Waals surface area contributed by atoms with E-state index in [4.69, 9.17) is 9.47 Å². The molecular formula is C16H24N2O3. The molecule has 5 nitrogen and oxygen atoms in total. The van der Waals surface area contributed by atoms with E-state index >= 15 is 0 Å². The van der Waals surface area contributed by atoms with Crippen molar-refractivity contribution in [3.63, 3.8) is 0 Å². The summed E-state index contributed by atoms with van der Waals surface area (Å²) in [7, 11) is 3.33. The van der Waals surface area contributed by atoms with Gasteiger partial charge in [-0.2, -0.15) is 0 Å². The van der Waals surface area contributed by atoms with E-state index < -0.39 is 0 Å². The van der Waals surface area contributed by atoms with Gasteiger partial charge in [-0.25, -0.2) is 0 Å². The van der Waals surface area contributed by atoms with Gasteiger partial charge in [-0.15, -0.1) is 0 Å². The molecule has 1 N–H and O–H groups in total. The van der Waals surface area contributed by atoms with Gasteiger partial charge < -0.3 is 14.4 Å². The van der Waals surface area contributed by atoms with E-state index in [0.717, 1.165) is 24.2 Å². The Morgan fingerprint density at radius 1 is 1.43 bits per heavy atom. The molecular weight excluding hydrogens is 268 g/mol. The van der Waals surface area contributed by atoms with Crippen molar-refractivity contribution >= 4 is 5.91 Å². The predicted molar refractivity (Wildman–Crippen MR) is 81.2 cm³/mol. The number of nitrogens with one attached hydrogen (secondary N) is 1. The summed E-state index contributed by atoms with van der Waals surface area (Å²) in [5, 5.41) is 3.29. The minimum Gasteiger partial charge on any atom is -0.497 e. The highest BCUT2D eigenvalue weighted by molar-refractivity contribution is 5.81. The van der Waals surface area contributed by atoms with Gasteiger partial charge in [-0.1, -0.05) is 25.5 Å². The first-order valence-corrected chi connectivity index (χ1v) is 7.38. The Morgan fingerprint density at radius 2 is 2.24 bits per heavy atom. The number of ether oxygens (including phenoxy) is 2. The summed E-state index contributed by atoms with van der Waals surface area (Å²) < 4.78 is 10.6. The number of rotatable bonds is 7. The Bertz CT molecular complexity index is 472. The average molecular weight is 292 g/mol. The van der Waals surface area contributed by atoms with E-state index in [1.807, 2.05) is 29.2 Å². The summed E-state index contributed by atoms with van der Waals surface area (Å²) in [6.07, 6.45) is 1.84. The van der Waals surface area contributed by atoms with Gasteiger partial charge in [-0.05, 0) is 24.1 Å². The van der Waals surface area contributed by atoms with Crippen LogP contribution in [0, 0.1) is 0 Å². The van der Waals surface area contributed by atoms with Gasteiger partial charge >= 0.3 is 0 Å². The Balaban J connectivity index is 2.25. The lowest BCUT2D eigenvalue weighted by molar-refractivity contribution is -0.131. The molecule has 5 heteroatoms. The average Bonchev–Trinajstić information content (AvgIpc) is 2.89. The minimum atomic E-state index is -0.112. The normalized spacial score (nSPS) is 19.9. The molecule has 1 saturated heterocycles. The fourth-order valence-corrected chi connectivity index (χ4v) is 2.85. The van der Waals surface area contributed by atoms with Gasteiger partial charge in [0, 0.05) is 7.11 Å². The molecule has 0 radical (unpaired) electrons. The minimum absolute atomic E-state index is 0.0960. The third-order valence-electron chi connectivity index (χ3n) is 3.80. The van der Waals surface area contributed by atoms with Crippen molar-refractivity contribution in [1.29, 1.82) is 0 Å². The lowest BCUT2D eigenvalue weighted by Gasteiger charge is -2.32. The molecule has 1 aliphatic heterocycles. The maximum absolute atomic E-state index is 12.3. The van der Waals surface area contributed by atoms with Crippen LogP contribution in [0.2, 0.25) is 0 Å². The molecule has 1 fully saturated rings. The second kappa shape index (κ2) is 7.43. The summed E-state index contributed by atoms with van der Waals surface area (Å²) in [5.74, 6) is 0.922. The first-order chi connectivity index (χ1) is 10.2. The summed E-state index contributed by atoms with van der Waals surface area (Å²) >= 11 is 0. The van der Waals surface area contributed by atoms with Crippen LogP contribution in [0.5, 0.6) is 5.75 Å². The van der Waals surface area contributed by atoms with Gasteiger partial charge in [0.15, 0.2) is 0 Å². The highest BCUT2D eigenvalue weighted by Gasteiger charge is 2.36. The van der Waals surface area contributed by atoms with E-state index in [1.54, 1.807) is 14.2 Å². The van der Waals surface area contributed by atoms with Gasteiger partial charge in [0.1, 0.15) is 11.9 Å². The lowest BCUT2D eigenvalue weighted by atomic mass is 10.1. The topological polar surface area (TPSA) is 50.8 Å². The Hall–Kier alpha value is -1.59. The molecule has 1 amide bonds. The second-order valence-electron chi connectivity index (χ2n) is 5.26. The van der Waals surface area contributed by atoms with Crippen LogP contribution in [-0.2, 0) is 9.53 Å². The monoisotopic (exact) mass is 292 g/mol. The van der Waals surface area contributed by atoms with Crippen molar-refractivity contribution in [1.82, 2.24) is 10.2 Å². The van der Waals surface area contributed by atoms with E-state index in [1.165, 1.54) is 0 Å². The number of nitrogens with zero attached hydrogens (tertiary/aromatic N) is 1. The van der Waals surface area contributed by atoms with Crippen LogP contribution in [0.25, 0.3) is 0 Å². The molecule has 0 aromatic heterocycles. The van der Waals surface area contributed by atoms with Crippen LogP contribution in [-0.4, -0.2) is 44.2 Å². The SMILES string of the molecule is CCCC(COC)N1C(=O)CNC1c1cccc(OC)c1. The maximum atomic E-state index is 12.3. The predicted octanol–water partition coefficient (Wildman–Crippen LogP) is 1.94. The zero-order valence-electron chi connectivity index (χ0n) is 13.0. The van der Waals surface area contributed by atoms with Crippen molar-refractivity contribution in [3.8, 4) is 5.75 Å². The summed E-state index contributed by atoms with van der Waals surface area (Å²) in [4.78, 5) is 14.2. The highest BCUT2D eigenvalue weighted by atomic mass is 16.5. The number of carbonyl (C=O) groups excluding carboxylic acids is 1. The zero-order valence-corrected chi connectivity index (χ0v) is 13.0. The molecule has 1 aromatic rings. The number of hydrogen-bond acceptors (Lipinski definition) is 4. The van der Waals surface area contributed by atoms with Crippen molar-refractivity contribution in [2.75, 3.05) is 27.4 Å². The number of amides is 1. The van der Waals surface area contributed by atoms with Crippen LogP contribution in [0.1, 0.15) is 31.5 Å². The number of hydrogen-bond donors (Lipinski definition) is 1. The Labute approximate surface area is 126 Å². The van der Waals surface area contributed by atoms with Crippen LogP contribution in [0.3, 0.4) is 0 Å². The van der Waals surface area contributed by atoms with Crippen LogP contribution >= 0.6 is 0 Å². The molecule has 1 aromatic carbocycles. The van der Waals surface area contributed by atoms with Crippen LogP contribution in [0.15, 0.2) is 24.3 Å². The van der Waals surface area contributed by atoms with Gasteiger partial charge in [0.2, 0.25) is 5.91 Å². The summed E-state index contributed by atoms with van der Waals surface area (Å²) in [6, 6.07) is 7.94. The van der Waals surface area contributed by atoms with E-state index in [0.29, 0.717) is 13.2 Å². The first-order valence-electron chi connectivity index (χ1n) is 7.38. The maximum Gasteiger partial charge on any atom is 0.238 e. The highest BCUT2D eigenvalue weighted by Crippen LogP contribution is 2.28. The third-order valence-corrected chi connectivity index (χ3v) is 3.80. The zero-order chi connectivity index (χ0) is 15.2. The van der Waals surface area contributed by atoms with E-state index in [9.17, 15) is 4.79 Å². The second-order valence-corrected chi connectivity index (χ2v) is 5.26. The summed E-state index contributed by atoms with van der Waals surface area (Å²) in [6.45, 7) is 3.05. The quantitative estimate of drug-likeness (QED) is 0.834. The molecule has 1 heterocycles. The Morgan fingerprint density at radius 3 is 2.90 bits per heavy atom. The van der Waals surface area contributed by atoms with E-state index in [2.05, 4.69) is 12.2 Å². The molecule has 0 aliphatic carbocycles. The van der Waals surface area contributed by atoms with Gasteiger partial charge in [-0.3, -0.25) is 10.1 Å². The standard InChI is InChI=1S/C16H24N2O3/c1-4-6-13(11-20-2)18-15(19)10-17-16(18)12-7-5-8-14(9-12)21-3/h5,7-9,13,16-17H,4,6,10-11H2,1-3H3. The molecule has 0 saturated carbocycles. The molecule has 2 rings (SSSR count). The number of methoxy groups -OCH3 is 2. The summed E-state index contributed by atoms with van der Waals surface area (Å²) in [5.41, 5.74) is 1.04. The molecule has 116 valence electrons. The van der Waals surface area contributed by atoms with E-state index in [-0.39, 0.29) is 18.1 Å². The number of carbonyl (C=O) groups is 1. The Kier molecular flexibility index (Phi) is 5.59. The third kappa shape index (κ3) is 3.54. The van der Waals surface area contributed by atoms with Crippen molar-refractivity contribution in [2.45, 2.75) is 32.0 Å². The number of benzene rings is 1. The smallest absolute Gasteiger partial charge is 0.238 e. The van der Waals surface area contributed by atoms with Crippen molar-refractivity contribution in [3.05, 3.63) is 29.8 Å². The lowest BCUT2D eigenvalue weighted by Crippen LogP contribution is -2.42. The fourth-order valence-electron chi connectivity index (χ4n) is 2.85. The van der Waals surface area contributed by atoms with Gasteiger partial charge in [0.05, 0.1) is 26.3 Å². The van der Waals surface area contributed by atoms with Gasteiger partial charge in [0.25, 0.3) is 0 Å². The molecule has 2 unspecified atom stereocenters.